The maximum absolute atomic E-state index is 14.1. The number of carbonyl (C=O) groups excluding carboxylic acids is 8. The second-order valence-corrected chi connectivity index (χ2v) is 15.3. The number of aliphatic hydroxyl groups excluding tert-OH is 1. The molecule has 7 amide bonds. The summed E-state index contributed by atoms with van der Waals surface area (Å²) in [5.74, 6) is -7.30. The molecule has 0 aliphatic carbocycles. The predicted octanol–water partition coefficient (Wildman–Crippen LogP) is -0.507. The molecule has 0 aromatic heterocycles. The van der Waals surface area contributed by atoms with Gasteiger partial charge in [-0.3, -0.25) is 43.3 Å². The van der Waals surface area contributed by atoms with E-state index in [1.807, 2.05) is 13.8 Å². The summed E-state index contributed by atoms with van der Waals surface area (Å²) in [5, 5.41) is 23.6. The highest BCUT2D eigenvalue weighted by Gasteiger charge is 2.36. The number of ketones is 1. The molecule has 0 spiro atoms. The van der Waals surface area contributed by atoms with Crippen molar-refractivity contribution in [2.75, 3.05) is 12.3 Å². The highest BCUT2D eigenvalue weighted by Crippen LogP contribution is 2.19. The summed E-state index contributed by atoms with van der Waals surface area (Å²) in [6.45, 7) is 8.81. The van der Waals surface area contributed by atoms with Crippen LogP contribution in [0.4, 0.5) is 5.69 Å². The standard InChI is InChI=1S/C41H69N11O9/c1-6-9-14-25(36(57)50-30(19-20-32(43)55)38(59)49-29(35(44)56)18-13-21-47-41(45)46)22-31(54)28(17-10-7-2)48-39(60)33(23(4)8-3)51-40(61)34(24(5)53)52-37(58)26-15-11-12-16-27(26)42/h11-12,15-16,23-25,28-30,33-34,53H,6-10,13-14,17-22,42H2,1-5H3,(H2,43,55)(H2,44,56)(H,48,60)(H,49,59)(H,50,57)(H,51,61)(H,52,58)(H4,45,46,47)/t23-,24+,25?,28-,29-,30-,33-,34-/m0/s1. The fraction of sp³-hybridized carbons (Fsp3) is 0.634. The van der Waals surface area contributed by atoms with E-state index in [4.69, 9.17) is 28.7 Å². The Balaban J connectivity index is 3.31. The molecule has 1 unspecified atom stereocenters. The van der Waals surface area contributed by atoms with Crippen LogP contribution in [0.25, 0.3) is 0 Å². The van der Waals surface area contributed by atoms with Gasteiger partial charge in [-0.05, 0) is 57.1 Å². The molecule has 1 rings (SSSR count). The van der Waals surface area contributed by atoms with Crippen molar-refractivity contribution >= 4 is 58.8 Å². The van der Waals surface area contributed by atoms with Crippen molar-refractivity contribution in [1.29, 1.82) is 0 Å². The van der Waals surface area contributed by atoms with E-state index < -0.39 is 95.3 Å². The molecule has 0 aliphatic rings. The molecule has 16 N–H and O–H groups in total. The molecule has 0 aliphatic heterocycles. The average Bonchev–Trinajstić information content (AvgIpc) is 3.20. The van der Waals surface area contributed by atoms with Crippen LogP contribution in [-0.4, -0.2) is 101 Å². The summed E-state index contributed by atoms with van der Waals surface area (Å²) in [5.41, 5.74) is 27.7. The van der Waals surface area contributed by atoms with Crippen molar-refractivity contribution in [1.82, 2.24) is 26.6 Å². The number of aliphatic imine (C=N–C) groups is 1. The summed E-state index contributed by atoms with van der Waals surface area (Å²) >= 11 is 0. The lowest BCUT2D eigenvalue weighted by Gasteiger charge is -2.29. The number of nitrogens with one attached hydrogen (secondary N) is 5. The summed E-state index contributed by atoms with van der Waals surface area (Å²) in [4.78, 5) is 110. The quantitative estimate of drug-likeness (QED) is 0.0202. The molecule has 0 saturated heterocycles. The lowest BCUT2D eigenvalue weighted by molar-refractivity contribution is -0.136. The van der Waals surface area contributed by atoms with Crippen molar-refractivity contribution < 1.29 is 43.5 Å². The van der Waals surface area contributed by atoms with Crippen molar-refractivity contribution in [3.63, 3.8) is 0 Å². The Labute approximate surface area is 358 Å². The Kier molecular flexibility index (Phi) is 24.3. The van der Waals surface area contributed by atoms with E-state index in [0.29, 0.717) is 32.1 Å². The normalized spacial score (nSPS) is 14.9. The number of unbranched alkanes of at least 4 members (excludes halogenated alkanes) is 2. The maximum Gasteiger partial charge on any atom is 0.254 e. The molecule has 0 fully saturated rings. The number of nitrogens with two attached hydrogens (primary N) is 5. The summed E-state index contributed by atoms with van der Waals surface area (Å²) in [7, 11) is 0. The van der Waals surface area contributed by atoms with Gasteiger partial charge in [0.1, 0.15) is 24.2 Å². The number of amides is 7. The third-order valence-electron chi connectivity index (χ3n) is 10.2. The lowest BCUT2D eigenvalue weighted by Crippen LogP contribution is -2.59. The second kappa shape index (κ2) is 27.9. The Morgan fingerprint density at radius 1 is 0.672 bits per heavy atom. The number of benzene rings is 1. The first-order valence-electron chi connectivity index (χ1n) is 21.0. The van der Waals surface area contributed by atoms with Gasteiger partial charge in [0.25, 0.3) is 5.91 Å². The molecule has 1 aromatic carbocycles. The smallest absolute Gasteiger partial charge is 0.254 e. The SMILES string of the molecule is CCCCC(CC(=O)[C@H](CCCC)NC(=O)[C@@H](NC(=O)[C@@H](NC(=O)c1ccccc1N)[C@@H](C)O)[C@@H](C)CC)C(=O)N[C@@H](CCC(N)=O)C(=O)N[C@@H](CCCN=C(N)N)C(N)=O. The zero-order valence-corrected chi connectivity index (χ0v) is 36.2. The molecule has 0 radical (unpaired) electrons. The number of nitrogens with zero attached hydrogens (tertiary/aromatic N) is 1. The van der Waals surface area contributed by atoms with E-state index in [9.17, 15) is 43.5 Å². The number of carbonyl (C=O) groups is 8. The third kappa shape index (κ3) is 19.4. The number of hydrogen-bond acceptors (Lipinski definition) is 11. The van der Waals surface area contributed by atoms with E-state index in [-0.39, 0.29) is 68.7 Å². The summed E-state index contributed by atoms with van der Waals surface area (Å²) in [6, 6.07) is 0.0117. The zero-order chi connectivity index (χ0) is 46.2. The summed E-state index contributed by atoms with van der Waals surface area (Å²) in [6.07, 6.45) is 1.49. The highest BCUT2D eigenvalue weighted by atomic mass is 16.3. The van der Waals surface area contributed by atoms with Crippen molar-refractivity contribution in [2.45, 2.75) is 148 Å². The number of anilines is 1. The molecule has 0 heterocycles. The number of nitrogen functional groups attached to an aromatic ring is 1. The fourth-order valence-corrected chi connectivity index (χ4v) is 6.32. The first-order chi connectivity index (χ1) is 28.8. The highest BCUT2D eigenvalue weighted by molar-refractivity contribution is 6.02. The average molecular weight is 860 g/mol. The van der Waals surface area contributed by atoms with Crippen LogP contribution in [0, 0.1) is 11.8 Å². The summed E-state index contributed by atoms with van der Waals surface area (Å²) < 4.78 is 0. The minimum absolute atomic E-state index is 0.0793. The second-order valence-electron chi connectivity index (χ2n) is 15.3. The van der Waals surface area contributed by atoms with Crippen LogP contribution in [0.3, 0.4) is 0 Å². The lowest BCUT2D eigenvalue weighted by atomic mass is 9.90. The van der Waals surface area contributed by atoms with Gasteiger partial charge >= 0.3 is 0 Å². The van der Waals surface area contributed by atoms with Gasteiger partial charge in [0.2, 0.25) is 35.4 Å². The number of primary amides is 2. The first kappa shape index (κ1) is 53.2. The topological polar surface area (TPSA) is 359 Å². The molecule has 0 bridgehead atoms. The van der Waals surface area contributed by atoms with E-state index >= 15 is 0 Å². The predicted molar refractivity (Wildman–Crippen MR) is 231 cm³/mol. The van der Waals surface area contributed by atoms with Crippen molar-refractivity contribution in [3.8, 4) is 0 Å². The van der Waals surface area contributed by atoms with Crippen molar-refractivity contribution in [2.24, 2.45) is 39.8 Å². The Hall–Kier alpha value is -5.79. The van der Waals surface area contributed by atoms with Crippen LogP contribution in [0.1, 0.15) is 122 Å². The van der Waals surface area contributed by atoms with Gasteiger partial charge in [0.05, 0.1) is 17.7 Å². The minimum atomic E-state index is -1.46. The fourth-order valence-electron chi connectivity index (χ4n) is 6.32. The molecule has 1 aromatic rings. The van der Waals surface area contributed by atoms with E-state index in [1.165, 1.54) is 19.1 Å². The van der Waals surface area contributed by atoms with Gasteiger partial charge in [-0.2, -0.15) is 0 Å². The first-order valence-corrected chi connectivity index (χ1v) is 21.0. The maximum atomic E-state index is 14.1. The van der Waals surface area contributed by atoms with Crippen LogP contribution >= 0.6 is 0 Å². The molecule has 61 heavy (non-hydrogen) atoms. The Bertz CT molecular complexity index is 1670. The van der Waals surface area contributed by atoms with E-state index in [0.717, 1.165) is 0 Å². The molecular formula is C41H69N11O9. The molecule has 0 saturated carbocycles. The zero-order valence-electron chi connectivity index (χ0n) is 36.2. The van der Waals surface area contributed by atoms with Crippen molar-refractivity contribution in [3.05, 3.63) is 29.8 Å². The number of Topliss-reactive ketones (excluding diaryl/α,β-unsaturated/α-hetero) is 1. The van der Waals surface area contributed by atoms with Gasteiger partial charge < -0.3 is 60.4 Å². The third-order valence-corrected chi connectivity index (χ3v) is 10.2. The van der Waals surface area contributed by atoms with Crippen LogP contribution in [0.15, 0.2) is 29.3 Å². The van der Waals surface area contributed by atoms with Crippen LogP contribution in [-0.2, 0) is 33.6 Å². The molecular weight excluding hydrogens is 791 g/mol. The van der Waals surface area contributed by atoms with Crippen LogP contribution < -0.4 is 55.3 Å². The number of hydrogen-bond donors (Lipinski definition) is 11. The van der Waals surface area contributed by atoms with Crippen LogP contribution in [0.5, 0.6) is 0 Å². The molecule has 342 valence electrons. The molecule has 20 nitrogen and oxygen atoms in total. The van der Waals surface area contributed by atoms with Crippen LogP contribution in [0.2, 0.25) is 0 Å². The Morgan fingerprint density at radius 3 is 1.80 bits per heavy atom. The molecule has 8 atom stereocenters. The number of aliphatic hydroxyl groups is 1. The monoisotopic (exact) mass is 860 g/mol. The van der Waals surface area contributed by atoms with Gasteiger partial charge in [-0.1, -0.05) is 71.9 Å². The number of rotatable bonds is 30. The van der Waals surface area contributed by atoms with Gasteiger partial charge in [0, 0.05) is 31.0 Å². The van der Waals surface area contributed by atoms with Gasteiger partial charge in [-0.15, -0.1) is 0 Å². The van der Waals surface area contributed by atoms with E-state index in [1.54, 1.807) is 26.0 Å². The number of guanidine groups is 1. The largest absolute Gasteiger partial charge is 0.398 e. The molecule has 20 heteroatoms. The van der Waals surface area contributed by atoms with Gasteiger partial charge in [-0.25, -0.2) is 0 Å². The number of para-hydroxylation sites is 1. The van der Waals surface area contributed by atoms with E-state index in [2.05, 4.69) is 31.6 Å². The Morgan fingerprint density at radius 2 is 1.25 bits per heavy atom. The minimum Gasteiger partial charge on any atom is -0.398 e. The van der Waals surface area contributed by atoms with Gasteiger partial charge in [0.15, 0.2) is 11.7 Å².